The van der Waals surface area contributed by atoms with E-state index in [4.69, 9.17) is 14.6 Å². The van der Waals surface area contributed by atoms with Gasteiger partial charge in [0.1, 0.15) is 18.7 Å². The third-order valence-electron chi connectivity index (χ3n) is 5.60. The van der Waals surface area contributed by atoms with E-state index in [0.717, 1.165) is 22.3 Å². The first-order valence-electron chi connectivity index (χ1n) is 10.7. The summed E-state index contributed by atoms with van der Waals surface area (Å²) in [7, 11) is 1.45. The number of benzene rings is 2. The highest BCUT2D eigenvalue weighted by molar-refractivity contribution is 5.89. The number of carbonyl (C=O) groups is 3. The number of nitrogens with one attached hydrogen (secondary N) is 2. The van der Waals surface area contributed by atoms with Crippen molar-refractivity contribution in [1.82, 2.24) is 10.6 Å². The zero-order valence-electron chi connectivity index (χ0n) is 18.3. The molecule has 33 heavy (non-hydrogen) atoms. The third-order valence-corrected chi connectivity index (χ3v) is 5.60. The summed E-state index contributed by atoms with van der Waals surface area (Å²) in [5.74, 6) is -2.10. The molecular weight excluding hydrogens is 428 g/mol. The summed E-state index contributed by atoms with van der Waals surface area (Å²) in [4.78, 5) is 36.4. The number of alkyl carbamates (subject to hydrolysis) is 1. The number of methoxy groups -OCH3 is 1. The lowest BCUT2D eigenvalue weighted by Crippen LogP contribution is -2.52. The molecule has 0 saturated carbocycles. The Bertz CT molecular complexity index is 949. The molecule has 1 aliphatic rings. The predicted octanol–water partition coefficient (Wildman–Crippen LogP) is 1.88. The number of amides is 2. The van der Waals surface area contributed by atoms with Gasteiger partial charge in [0, 0.05) is 39.1 Å². The Morgan fingerprint density at radius 2 is 1.55 bits per heavy atom. The number of aliphatic hydroxyl groups excluding tert-OH is 1. The van der Waals surface area contributed by atoms with Gasteiger partial charge in [-0.3, -0.25) is 4.79 Å². The summed E-state index contributed by atoms with van der Waals surface area (Å²) in [5, 5.41) is 23.0. The van der Waals surface area contributed by atoms with Crippen molar-refractivity contribution in [2.45, 2.75) is 30.8 Å². The number of rotatable bonds is 11. The number of ether oxygens (including phenoxy) is 2. The Hall–Kier alpha value is -3.43. The smallest absolute Gasteiger partial charge is 0.407 e. The highest BCUT2D eigenvalue weighted by Crippen LogP contribution is 2.44. The average molecular weight is 456 g/mol. The fourth-order valence-corrected chi connectivity index (χ4v) is 3.95. The summed E-state index contributed by atoms with van der Waals surface area (Å²) < 4.78 is 10.5. The molecule has 9 heteroatoms. The Morgan fingerprint density at radius 3 is 2.09 bits per heavy atom. The first-order valence-corrected chi connectivity index (χ1v) is 10.7. The molecule has 0 aromatic heterocycles. The van der Waals surface area contributed by atoms with E-state index >= 15 is 0 Å². The van der Waals surface area contributed by atoms with E-state index < -0.39 is 36.7 Å². The van der Waals surface area contributed by atoms with Gasteiger partial charge in [-0.15, -0.1) is 0 Å². The van der Waals surface area contributed by atoms with Crippen LogP contribution < -0.4 is 10.6 Å². The lowest BCUT2D eigenvalue weighted by atomic mass is 9.98. The Kier molecular flexibility index (Phi) is 8.39. The molecule has 9 nitrogen and oxygen atoms in total. The van der Waals surface area contributed by atoms with E-state index in [1.165, 1.54) is 7.11 Å². The Morgan fingerprint density at radius 1 is 0.939 bits per heavy atom. The molecule has 2 aromatic carbocycles. The van der Waals surface area contributed by atoms with Crippen molar-refractivity contribution in [1.29, 1.82) is 0 Å². The minimum Gasteiger partial charge on any atom is -0.480 e. The van der Waals surface area contributed by atoms with Gasteiger partial charge in [-0.1, -0.05) is 48.5 Å². The quantitative estimate of drug-likeness (QED) is 0.406. The maximum absolute atomic E-state index is 12.6. The molecule has 176 valence electrons. The van der Waals surface area contributed by atoms with Gasteiger partial charge in [0.05, 0.1) is 0 Å². The number of aliphatic hydroxyl groups is 1. The molecule has 0 radical (unpaired) electrons. The molecule has 0 saturated heterocycles. The standard InChI is InChI=1S/C24H28N2O7/c1-32-13-11-20(22(28)25-21(10-12-27)23(29)30)26-24(31)33-14-19-17-8-4-2-6-15(17)16-7-3-5-9-18(16)19/h2-9,19-21,27H,10-14H2,1H3,(H,25,28)(H,26,31)(H,29,30)/t20?,21-/m1/s1. The molecule has 2 aromatic rings. The molecule has 0 heterocycles. The Labute approximate surface area is 191 Å². The van der Waals surface area contributed by atoms with E-state index in [1.54, 1.807) is 0 Å². The average Bonchev–Trinajstić information content (AvgIpc) is 3.13. The van der Waals surface area contributed by atoms with Gasteiger partial charge in [0.25, 0.3) is 0 Å². The second-order valence-corrected chi connectivity index (χ2v) is 7.72. The number of aliphatic carboxylic acids is 1. The summed E-state index contributed by atoms with van der Waals surface area (Å²) >= 11 is 0. The number of fused-ring (bicyclic) bond motifs is 3. The minimum absolute atomic E-state index is 0.0841. The van der Waals surface area contributed by atoms with Crippen LogP contribution in [0.5, 0.6) is 0 Å². The summed E-state index contributed by atoms with van der Waals surface area (Å²) in [6.07, 6.45) is -0.816. The highest BCUT2D eigenvalue weighted by atomic mass is 16.5. The van der Waals surface area contributed by atoms with Crippen molar-refractivity contribution in [3.8, 4) is 11.1 Å². The van der Waals surface area contributed by atoms with Crippen molar-refractivity contribution in [3.05, 3.63) is 59.7 Å². The van der Waals surface area contributed by atoms with E-state index in [2.05, 4.69) is 10.6 Å². The molecule has 0 spiro atoms. The van der Waals surface area contributed by atoms with Crippen LogP contribution in [0.2, 0.25) is 0 Å². The normalized spacial score (nSPS) is 14.0. The van der Waals surface area contributed by atoms with Crippen molar-refractivity contribution < 1.29 is 34.1 Å². The monoisotopic (exact) mass is 456 g/mol. The van der Waals surface area contributed by atoms with Gasteiger partial charge in [0.2, 0.25) is 5.91 Å². The number of carboxylic acid groups (broad SMARTS) is 1. The van der Waals surface area contributed by atoms with Gasteiger partial charge in [-0.05, 0) is 22.3 Å². The first-order chi connectivity index (χ1) is 16.0. The van der Waals surface area contributed by atoms with Crippen LogP contribution in [0.3, 0.4) is 0 Å². The van der Waals surface area contributed by atoms with Crippen molar-refractivity contribution in [3.63, 3.8) is 0 Å². The van der Waals surface area contributed by atoms with Gasteiger partial charge in [-0.25, -0.2) is 9.59 Å². The molecular formula is C24H28N2O7. The topological polar surface area (TPSA) is 134 Å². The minimum atomic E-state index is -1.27. The fourth-order valence-electron chi connectivity index (χ4n) is 3.95. The summed E-state index contributed by atoms with van der Waals surface area (Å²) in [6, 6.07) is 13.6. The molecule has 2 amide bonds. The Balaban J connectivity index is 1.65. The number of carbonyl (C=O) groups excluding carboxylic acids is 2. The van der Waals surface area contributed by atoms with E-state index in [-0.39, 0.29) is 32.0 Å². The fraction of sp³-hybridized carbons (Fsp3) is 0.375. The lowest BCUT2D eigenvalue weighted by molar-refractivity contribution is -0.142. The molecule has 2 atom stereocenters. The largest absolute Gasteiger partial charge is 0.480 e. The number of carboxylic acids is 1. The molecule has 4 N–H and O–H groups in total. The predicted molar refractivity (Wildman–Crippen MR) is 120 cm³/mol. The highest BCUT2D eigenvalue weighted by Gasteiger charge is 2.30. The maximum atomic E-state index is 12.6. The van der Waals surface area contributed by atoms with E-state index in [0.29, 0.717) is 0 Å². The first kappa shape index (κ1) is 24.2. The molecule has 1 aliphatic carbocycles. The maximum Gasteiger partial charge on any atom is 0.407 e. The molecule has 0 fully saturated rings. The lowest BCUT2D eigenvalue weighted by Gasteiger charge is -2.21. The van der Waals surface area contributed by atoms with Crippen molar-refractivity contribution >= 4 is 18.0 Å². The van der Waals surface area contributed by atoms with Crippen molar-refractivity contribution in [2.75, 3.05) is 26.9 Å². The van der Waals surface area contributed by atoms with Crippen LogP contribution in [0.25, 0.3) is 11.1 Å². The van der Waals surface area contributed by atoms with Crippen LogP contribution >= 0.6 is 0 Å². The molecule has 3 rings (SSSR count). The van der Waals surface area contributed by atoms with Crippen LogP contribution in [0.4, 0.5) is 4.79 Å². The third kappa shape index (κ3) is 5.88. The van der Waals surface area contributed by atoms with Crippen LogP contribution in [0.1, 0.15) is 29.9 Å². The van der Waals surface area contributed by atoms with Crippen LogP contribution in [0, 0.1) is 0 Å². The summed E-state index contributed by atoms with van der Waals surface area (Å²) in [6.45, 7) is -0.153. The number of hydrogen-bond acceptors (Lipinski definition) is 6. The van der Waals surface area contributed by atoms with Crippen LogP contribution in [-0.4, -0.2) is 67.2 Å². The van der Waals surface area contributed by atoms with Crippen LogP contribution in [-0.2, 0) is 19.1 Å². The van der Waals surface area contributed by atoms with Gasteiger partial charge in [0.15, 0.2) is 0 Å². The van der Waals surface area contributed by atoms with E-state index in [1.807, 2.05) is 48.5 Å². The van der Waals surface area contributed by atoms with Gasteiger partial charge >= 0.3 is 12.1 Å². The second kappa shape index (κ2) is 11.4. The SMILES string of the molecule is COCCC(NC(=O)OCC1c2ccccc2-c2ccccc21)C(=O)N[C@H](CCO)C(=O)O. The molecule has 0 bridgehead atoms. The molecule has 1 unspecified atom stereocenters. The van der Waals surface area contributed by atoms with E-state index in [9.17, 15) is 19.5 Å². The van der Waals surface area contributed by atoms with Crippen LogP contribution in [0.15, 0.2) is 48.5 Å². The van der Waals surface area contributed by atoms with Crippen molar-refractivity contribution in [2.24, 2.45) is 0 Å². The zero-order chi connectivity index (χ0) is 23.8. The van der Waals surface area contributed by atoms with Gasteiger partial charge in [-0.2, -0.15) is 0 Å². The summed E-state index contributed by atoms with van der Waals surface area (Å²) in [5.41, 5.74) is 4.33. The number of hydrogen-bond donors (Lipinski definition) is 4. The zero-order valence-corrected chi connectivity index (χ0v) is 18.3. The van der Waals surface area contributed by atoms with Gasteiger partial charge < -0.3 is 30.3 Å². The molecule has 0 aliphatic heterocycles. The second-order valence-electron chi connectivity index (χ2n) is 7.72.